The molecule has 0 saturated carbocycles. The zero-order chi connectivity index (χ0) is 15.5. The minimum atomic E-state index is -0.235. The Labute approximate surface area is 127 Å². The van der Waals surface area contributed by atoms with Crippen LogP contribution in [-0.2, 0) is 9.59 Å². The van der Waals surface area contributed by atoms with Gasteiger partial charge in [-0.3, -0.25) is 14.9 Å². The minimum absolute atomic E-state index is 0.122. The van der Waals surface area contributed by atoms with Crippen molar-refractivity contribution in [1.29, 1.82) is 0 Å². The second-order valence-corrected chi connectivity index (χ2v) is 6.20. The Balaban J connectivity index is 2.48. The lowest BCUT2D eigenvalue weighted by Gasteiger charge is -2.43. The van der Waals surface area contributed by atoms with Crippen LogP contribution in [0.1, 0.15) is 63.0 Å². The summed E-state index contributed by atoms with van der Waals surface area (Å²) in [5.74, 6) is -0.464. The molecular weight excluding hydrogens is 262 g/mol. The summed E-state index contributed by atoms with van der Waals surface area (Å²) in [7, 11) is 0. The smallest absolute Gasteiger partial charge is 0.234 e. The summed E-state index contributed by atoms with van der Waals surface area (Å²) in [6.07, 6.45) is 4.37. The number of rotatable bonds is 5. The Bertz CT molecular complexity index is 538. The molecule has 1 N–H and O–H groups in total. The number of imide groups is 1. The third-order valence-electron chi connectivity index (χ3n) is 4.88. The Hall–Kier alpha value is -1.64. The Morgan fingerprint density at radius 1 is 1.24 bits per heavy atom. The molecule has 2 amide bonds. The maximum atomic E-state index is 12.6. The summed E-state index contributed by atoms with van der Waals surface area (Å²) < 4.78 is 0. The van der Waals surface area contributed by atoms with Crippen molar-refractivity contribution >= 4 is 11.8 Å². The first kappa shape index (κ1) is 15.7. The van der Waals surface area contributed by atoms with Gasteiger partial charge in [0.25, 0.3) is 0 Å². The van der Waals surface area contributed by atoms with Crippen molar-refractivity contribution in [1.82, 2.24) is 5.32 Å². The van der Waals surface area contributed by atoms with E-state index >= 15 is 0 Å². The molecule has 0 spiro atoms. The predicted molar refractivity (Wildman–Crippen MR) is 83.9 cm³/mol. The fraction of sp³-hybridized carbons (Fsp3) is 0.556. The topological polar surface area (TPSA) is 46.2 Å². The molecular formula is C18H25NO2. The number of amides is 2. The fourth-order valence-corrected chi connectivity index (χ4v) is 3.60. The van der Waals surface area contributed by atoms with E-state index in [1.165, 1.54) is 0 Å². The van der Waals surface area contributed by atoms with Crippen LogP contribution in [0.25, 0.3) is 0 Å². The molecule has 0 aliphatic carbocycles. The number of aryl methyl sites for hydroxylation is 1. The first-order chi connectivity index (χ1) is 10.0. The number of piperidine rings is 1. The van der Waals surface area contributed by atoms with Crippen molar-refractivity contribution in [2.24, 2.45) is 5.41 Å². The Morgan fingerprint density at radius 2 is 1.95 bits per heavy atom. The lowest BCUT2D eigenvalue weighted by atomic mass is 9.62. The van der Waals surface area contributed by atoms with Gasteiger partial charge in [-0.25, -0.2) is 0 Å². The zero-order valence-electron chi connectivity index (χ0n) is 13.2. The molecule has 21 heavy (non-hydrogen) atoms. The van der Waals surface area contributed by atoms with E-state index in [4.69, 9.17) is 0 Å². The van der Waals surface area contributed by atoms with Gasteiger partial charge in [0.1, 0.15) is 0 Å². The van der Waals surface area contributed by atoms with E-state index in [0.29, 0.717) is 6.42 Å². The van der Waals surface area contributed by atoms with E-state index in [0.717, 1.165) is 36.8 Å². The quantitative estimate of drug-likeness (QED) is 0.839. The number of carbonyl (C=O) groups excluding carboxylic acids is 2. The molecule has 2 unspecified atom stereocenters. The number of unbranched alkanes of at least 4 members (excludes halogenated alkanes) is 1. The molecule has 1 heterocycles. The van der Waals surface area contributed by atoms with Crippen molar-refractivity contribution in [2.45, 2.75) is 58.8 Å². The van der Waals surface area contributed by atoms with Crippen molar-refractivity contribution < 1.29 is 9.59 Å². The van der Waals surface area contributed by atoms with Crippen LogP contribution in [0, 0.1) is 12.3 Å². The summed E-state index contributed by atoms with van der Waals surface area (Å²) in [4.78, 5) is 24.5. The van der Waals surface area contributed by atoms with Crippen LogP contribution >= 0.6 is 0 Å². The maximum absolute atomic E-state index is 12.6. The van der Waals surface area contributed by atoms with Gasteiger partial charge < -0.3 is 0 Å². The van der Waals surface area contributed by atoms with Gasteiger partial charge in [0.05, 0.1) is 5.92 Å². The van der Waals surface area contributed by atoms with Gasteiger partial charge in [-0.1, -0.05) is 51.0 Å². The fourth-order valence-electron chi connectivity index (χ4n) is 3.60. The molecule has 1 aliphatic rings. The number of hydrogen-bond donors (Lipinski definition) is 1. The summed E-state index contributed by atoms with van der Waals surface area (Å²) >= 11 is 0. The van der Waals surface area contributed by atoms with E-state index < -0.39 is 0 Å². The minimum Gasteiger partial charge on any atom is -0.296 e. The molecule has 0 bridgehead atoms. The van der Waals surface area contributed by atoms with Crippen molar-refractivity contribution in [3.05, 3.63) is 35.4 Å². The highest BCUT2D eigenvalue weighted by Gasteiger charge is 2.47. The summed E-state index contributed by atoms with van der Waals surface area (Å²) in [5, 5.41) is 2.54. The van der Waals surface area contributed by atoms with Crippen LogP contribution in [0.5, 0.6) is 0 Å². The van der Waals surface area contributed by atoms with Gasteiger partial charge in [0.2, 0.25) is 11.8 Å². The number of benzene rings is 1. The molecule has 1 aliphatic heterocycles. The number of nitrogens with one attached hydrogen (secondary N) is 1. The molecule has 3 nitrogen and oxygen atoms in total. The lowest BCUT2D eigenvalue weighted by molar-refractivity contribution is -0.140. The Kier molecular flexibility index (Phi) is 4.81. The third kappa shape index (κ3) is 3.02. The summed E-state index contributed by atoms with van der Waals surface area (Å²) in [5.41, 5.74) is 1.96. The number of hydrogen-bond acceptors (Lipinski definition) is 2. The highest BCUT2D eigenvalue weighted by atomic mass is 16.2. The van der Waals surface area contributed by atoms with Crippen LogP contribution in [0.2, 0.25) is 0 Å². The largest absolute Gasteiger partial charge is 0.296 e. The molecule has 1 aromatic rings. The number of carbonyl (C=O) groups is 2. The highest BCUT2D eigenvalue weighted by Crippen LogP contribution is 2.48. The van der Waals surface area contributed by atoms with Crippen LogP contribution in [-0.4, -0.2) is 11.8 Å². The summed E-state index contributed by atoms with van der Waals surface area (Å²) in [6.45, 7) is 6.29. The maximum Gasteiger partial charge on any atom is 0.234 e. The standard InChI is InChI=1S/C18H25NO2/c1-4-6-11-18(5-2)12-15(20)19-17(21)16(18)14-10-8-7-9-13(14)3/h7-10,16H,4-6,11-12H2,1-3H3,(H,19,20,21). The highest BCUT2D eigenvalue weighted by molar-refractivity contribution is 6.02. The SMILES string of the molecule is CCCCC1(CC)CC(=O)NC(=O)C1c1ccccc1C. The van der Waals surface area contributed by atoms with Gasteiger partial charge in [0.15, 0.2) is 0 Å². The molecule has 1 saturated heterocycles. The van der Waals surface area contributed by atoms with Crippen LogP contribution in [0.3, 0.4) is 0 Å². The molecule has 3 heteroatoms. The van der Waals surface area contributed by atoms with E-state index in [2.05, 4.69) is 19.2 Å². The molecule has 1 aromatic carbocycles. The molecule has 1 fully saturated rings. The van der Waals surface area contributed by atoms with Crippen LogP contribution < -0.4 is 5.32 Å². The molecule has 114 valence electrons. The van der Waals surface area contributed by atoms with E-state index in [9.17, 15) is 9.59 Å². The average Bonchev–Trinajstić information content (AvgIpc) is 2.46. The zero-order valence-corrected chi connectivity index (χ0v) is 13.2. The Morgan fingerprint density at radius 3 is 2.57 bits per heavy atom. The monoisotopic (exact) mass is 287 g/mol. The normalized spacial score (nSPS) is 25.8. The van der Waals surface area contributed by atoms with Crippen molar-refractivity contribution in [3.8, 4) is 0 Å². The van der Waals surface area contributed by atoms with Gasteiger partial charge in [-0.15, -0.1) is 0 Å². The van der Waals surface area contributed by atoms with Crippen LogP contribution in [0.15, 0.2) is 24.3 Å². The van der Waals surface area contributed by atoms with Crippen LogP contribution in [0.4, 0.5) is 0 Å². The van der Waals surface area contributed by atoms with E-state index in [1.807, 2.05) is 31.2 Å². The lowest BCUT2D eigenvalue weighted by Crippen LogP contribution is -2.50. The first-order valence-electron chi connectivity index (χ1n) is 7.93. The second kappa shape index (κ2) is 6.42. The first-order valence-corrected chi connectivity index (χ1v) is 7.93. The van der Waals surface area contributed by atoms with E-state index in [-0.39, 0.29) is 23.1 Å². The molecule has 2 atom stereocenters. The second-order valence-electron chi connectivity index (χ2n) is 6.20. The van der Waals surface area contributed by atoms with Gasteiger partial charge in [0, 0.05) is 6.42 Å². The van der Waals surface area contributed by atoms with Crippen molar-refractivity contribution in [2.75, 3.05) is 0 Å². The predicted octanol–water partition coefficient (Wildman–Crippen LogP) is 3.71. The van der Waals surface area contributed by atoms with Gasteiger partial charge in [-0.05, 0) is 36.3 Å². The third-order valence-corrected chi connectivity index (χ3v) is 4.88. The van der Waals surface area contributed by atoms with E-state index in [1.54, 1.807) is 0 Å². The average molecular weight is 287 g/mol. The summed E-state index contributed by atoms with van der Waals surface area (Å²) in [6, 6.07) is 8.04. The van der Waals surface area contributed by atoms with Gasteiger partial charge >= 0.3 is 0 Å². The van der Waals surface area contributed by atoms with Gasteiger partial charge in [-0.2, -0.15) is 0 Å². The van der Waals surface area contributed by atoms with Crippen molar-refractivity contribution in [3.63, 3.8) is 0 Å². The molecule has 2 rings (SSSR count). The molecule has 0 radical (unpaired) electrons. The molecule has 0 aromatic heterocycles.